The molecule has 5 aromatic rings. The SMILES string of the molecule is c1cc2ccc1CCCc1ccc(cc1)CSCc1ccc(cc1)CSCc1ccc(cc1)CSCc1ccc(cc1)CSC2. The van der Waals surface area contributed by atoms with Crippen LogP contribution in [0.15, 0.2) is 121 Å². The molecule has 0 aromatic heterocycles. The van der Waals surface area contributed by atoms with Crippen molar-refractivity contribution in [2.75, 3.05) is 0 Å². The number of hydrogen-bond donors (Lipinski definition) is 0. The predicted octanol–water partition coefficient (Wildman–Crippen LogP) is 11.9. The van der Waals surface area contributed by atoms with Crippen LogP contribution in [0, 0.1) is 0 Å². The average molecular weight is 663 g/mol. The molecule has 5 aromatic carbocycles. The summed E-state index contributed by atoms with van der Waals surface area (Å²) in [5.41, 5.74) is 14.2. The Morgan fingerprint density at radius 2 is 0.378 bits per heavy atom. The minimum absolute atomic E-state index is 1.06. The van der Waals surface area contributed by atoms with E-state index in [1.807, 2.05) is 47.0 Å². The lowest BCUT2D eigenvalue weighted by atomic mass is 10.0. The largest absolute Gasteiger partial charge is 0.152 e. The highest BCUT2D eigenvalue weighted by Gasteiger charge is 2.04. The highest BCUT2D eigenvalue weighted by Crippen LogP contribution is 2.25. The van der Waals surface area contributed by atoms with Crippen LogP contribution < -0.4 is 0 Å². The van der Waals surface area contributed by atoms with Crippen LogP contribution in [0.2, 0.25) is 0 Å². The van der Waals surface area contributed by atoms with E-state index < -0.39 is 0 Å². The van der Waals surface area contributed by atoms with Gasteiger partial charge < -0.3 is 0 Å². The second-order valence-electron chi connectivity index (χ2n) is 11.9. The van der Waals surface area contributed by atoms with Crippen molar-refractivity contribution in [3.63, 3.8) is 0 Å². The average Bonchev–Trinajstić information content (AvgIpc) is 3.08. The molecule has 45 heavy (non-hydrogen) atoms. The Morgan fingerprint density at radius 1 is 0.222 bits per heavy atom. The number of aryl methyl sites for hydroxylation is 2. The summed E-state index contributed by atoms with van der Waals surface area (Å²) in [6.45, 7) is 0. The molecule has 10 aliphatic heterocycles. The first-order valence-electron chi connectivity index (χ1n) is 16.0. The van der Waals surface area contributed by atoms with Crippen molar-refractivity contribution in [1.82, 2.24) is 0 Å². The smallest absolute Gasteiger partial charge is 0.0187 e. The maximum absolute atomic E-state index is 2.33. The van der Waals surface area contributed by atoms with Gasteiger partial charge in [-0.15, -0.1) is 0 Å². The first kappa shape index (κ1) is 32.4. The van der Waals surface area contributed by atoms with E-state index in [1.165, 1.54) is 62.1 Å². The summed E-state index contributed by atoms with van der Waals surface area (Å²) in [4.78, 5) is 0. The molecule has 0 saturated carbocycles. The van der Waals surface area contributed by atoms with E-state index in [0.717, 1.165) is 58.9 Å². The molecule has 10 bridgehead atoms. The minimum atomic E-state index is 1.06. The summed E-state index contributed by atoms with van der Waals surface area (Å²) in [6, 6.07) is 46.4. The molecule has 0 amide bonds. The second kappa shape index (κ2) is 17.4. The lowest BCUT2D eigenvalue weighted by Gasteiger charge is -2.07. The molecule has 230 valence electrons. The van der Waals surface area contributed by atoms with Crippen LogP contribution in [0.4, 0.5) is 0 Å². The number of hydrogen-bond acceptors (Lipinski definition) is 4. The molecule has 0 nitrogen and oxygen atoms in total. The highest BCUT2D eigenvalue weighted by atomic mass is 32.2. The van der Waals surface area contributed by atoms with Crippen molar-refractivity contribution < 1.29 is 0 Å². The van der Waals surface area contributed by atoms with E-state index in [0.29, 0.717) is 0 Å². The molecule has 0 radical (unpaired) electrons. The van der Waals surface area contributed by atoms with Crippen LogP contribution in [-0.2, 0) is 58.9 Å². The van der Waals surface area contributed by atoms with Gasteiger partial charge in [0.15, 0.2) is 0 Å². The van der Waals surface area contributed by atoms with Crippen molar-refractivity contribution >= 4 is 47.0 Å². The van der Waals surface area contributed by atoms with Crippen molar-refractivity contribution in [2.45, 2.75) is 65.3 Å². The van der Waals surface area contributed by atoms with Crippen LogP contribution >= 0.6 is 47.0 Å². The third kappa shape index (κ3) is 10.8. The van der Waals surface area contributed by atoms with Gasteiger partial charge in [0, 0.05) is 46.0 Å². The normalized spacial score (nSPS) is 15.6. The number of benzene rings is 5. The van der Waals surface area contributed by atoms with E-state index in [1.54, 1.807) is 0 Å². The standard InChI is InChI=1S/C41H42S4/c1-2-32-4-8-34(9-5-32)24-42-26-36-12-16-38(17-13-36)28-44-30-40-20-22-41(23-21-40)31-45-29-39-18-14-37(15-19-39)27-43-25-35-10-6-33(3-1)7-11-35/h4-23H,1-3,24-31H2. The van der Waals surface area contributed by atoms with Gasteiger partial charge in [-0.05, 0) is 74.9 Å². The molecule has 0 spiro atoms. The molecule has 0 saturated heterocycles. The molecule has 0 unspecified atom stereocenters. The van der Waals surface area contributed by atoms with Crippen LogP contribution in [0.1, 0.15) is 62.1 Å². The Balaban J connectivity index is 1.06. The monoisotopic (exact) mass is 662 g/mol. The van der Waals surface area contributed by atoms with E-state index in [4.69, 9.17) is 0 Å². The van der Waals surface area contributed by atoms with E-state index >= 15 is 0 Å². The van der Waals surface area contributed by atoms with Crippen LogP contribution in [-0.4, -0.2) is 0 Å². The van der Waals surface area contributed by atoms with Crippen LogP contribution in [0.3, 0.4) is 0 Å². The summed E-state index contributed by atoms with van der Waals surface area (Å²) < 4.78 is 0. The fourth-order valence-electron chi connectivity index (χ4n) is 5.44. The predicted molar refractivity (Wildman–Crippen MR) is 204 cm³/mol. The fraction of sp³-hybridized carbons (Fsp3) is 0.268. The van der Waals surface area contributed by atoms with Gasteiger partial charge in [-0.2, -0.15) is 47.0 Å². The Bertz CT molecular complexity index is 1170. The third-order valence-electron chi connectivity index (χ3n) is 8.20. The molecule has 0 N–H and O–H groups in total. The number of thioether (sulfide) groups is 4. The molecule has 0 atom stereocenters. The zero-order chi connectivity index (χ0) is 30.5. The Labute approximate surface area is 287 Å². The fourth-order valence-corrected chi connectivity index (χ4v) is 9.28. The first-order chi connectivity index (χ1) is 22.2. The minimum Gasteiger partial charge on any atom is -0.152 e. The summed E-state index contributed by atoms with van der Waals surface area (Å²) in [7, 11) is 0. The van der Waals surface area contributed by atoms with E-state index in [9.17, 15) is 0 Å². The topological polar surface area (TPSA) is 0 Å². The lowest BCUT2D eigenvalue weighted by molar-refractivity contribution is 0.820. The van der Waals surface area contributed by atoms with E-state index in [-0.39, 0.29) is 0 Å². The third-order valence-corrected chi connectivity index (χ3v) is 12.5. The Kier molecular flexibility index (Phi) is 12.6. The van der Waals surface area contributed by atoms with Gasteiger partial charge in [0.1, 0.15) is 0 Å². The zero-order valence-electron chi connectivity index (χ0n) is 26.0. The summed E-state index contributed by atoms with van der Waals surface area (Å²) in [5, 5.41) is 0. The highest BCUT2D eigenvalue weighted by molar-refractivity contribution is 7.98. The summed E-state index contributed by atoms with van der Waals surface area (Å²) in [5.74, 6) is 8.47. The van der Waals surface area contributed by atoms with Crippen molar-refractivity contribution in [3.05, 3.63) is 177 Å². The van der Waals surface area contributed by atoms with Gasteiger partial charge >= 0.3 is 0 Å². The van der Waals surface area contributed by atoms with Gasteiger partial charge in [-0.1, -0.05) is 121 Å². The van der Waals surface area contributed by atoms with Gasteiger partial charge in [0.25, 0.3) is 0 Å². The molecule has 0 aliphatic carbocycles. The first-order valence-corrected chi connectivity index (χ1v) is 20.6. The maximum atomic E-state index is 2.33. The Hall–Kier alpha value is -2.50. The Morgan fingerprint density at radius 3 is 0.556 bits per heavy atom. The zero-order valence-corrected chi connectivity index (χ0v) is 29.2. The summed E-state index contributed by atoms with van der Waals surface area (Å²) >= 11 is 8.01. The van der Waals surface area contributed by atoms with Gasteiger partial charge in [-0.25, -0.2) is 0 Å². The second-order valence-corrected chi connectivity index (χ2v) is 15.8. The van der Waals surface area contributed by atoms with Gasteiger partial charge in [-0.3, -0.25) is 0 Å². The quantitative estimate of drug-likeness (QED) is 0.162. The van der Waals surface area contributed by atoms with Gasteiger partial charge in [0.05, 0.1) is 0 Å². The molecule has 10 aliphatic rings. The van der Waals surface area contributed by atoms with Crippen molar-refractivity contribution in [3.8, 4) is 0 Å². The lowest BCUT2D eigenvalue weighted by Crippen LogP contribution is -1.92. The molecule has 10 heterocycles. The van der Waals surface area contributed by atoms with Crippen LogP contribution in [0.25, 0.3) is 0 Å². The molecule has 0 fully saturated rings. The number of rotatable bonds is 0. The molecular weight excluding hydrogens is 621 g/mol. The molecule has 4 heteroatoms. The van der Waals surface area contributed by atoms with Crippen LogP contribution in [0.5, 0.6) is 0 Å². The van der Waals surface area contributed by atoms with Crippen molar-refractivity contribution in [1.29, 1.82) is 0 Å². The maximum Gasteiger partial charge on any atom is 0.0187 e. The van der Waals surface area contributed by atoms with Crippen molar-refractivity contribution in [2.24, 2.45) is 0 Å². The summed E-state index contributed by atoms with van der Waals surface area (Å²) in [6.07, 6.45) is 3.47. The van der Waals surface area contributed by atoms with E-state index in [2.05, 4.69) is 121 Å². The molecular formula is C41H42S4. The molecule has 15 rings (SSSR count). The van der Waals surface area contributed by atoms with Gasteiger partial charge in [0.2, 0.25) is 0 Å².